The van der Waals surface area contributed by atoms with E-state index < -0.39 is 8.60 Å². The van der Waals surface area contributed by atoms with Crippen LogP contribution in [0.4, 0.5) is 0 Å². The first-order chi connectivity index (χ1) is 16.3. The van der Waals surface area contributed by atoms with Gasteiger partial charge in [-0.15, -0.1) is 0 Å². The zero-order valence-electron chi connectivity index (χ0n) is 21.6. The molecule has 33 heavy (non-hydrogen) atoms. The Morgan fingerprint density at radius 1 is 0.697 bits per heavy atom. The fourth-order valence-corrected chi connectivity index (χ4v) is 4.90. The molecular weight excluding hydrogens is 427 g/mol. The van der Waals surface area contributed by atoms with Gasteiger partial charge < -0.3 is 9.42 Å². The normalized spacial score (nSPS) is 13.4. The average Bonchev–Trinajstić information content (AvgIpc) is 2.81. The predicted molar refractivity (Wildman–Crippen MR) is 145 cm³/mol. The number of unbranched alkanes of at least 4 members (excludes halogenated alkanes) is 13. The molecule has 0 amide bonds. The van der Waals surface area contributed by atoms with E-state index in [1.165, 1.54) is 96.3 Å². The molecule has 0 radical (unpaired) electrons. The largest absolute Gasteiger partial charge is 0.427 e. The van der Waals surface area contributed by atoms with Crippen LogP contribution < -0.4 is 4.52 Å². The van der Waals surface area contributed by atoms with Gasteiger partial charge in [-0.1, -0.05) is 121 Å². The Morgan fingerprint density at radius 2 is 1.24 bits per heavy atom. The molecule has 0 saturated carbocycles. The number of rotatable bonds is 23. The molecule has 0 fully saturated rings. The van der Waals surface area contributed by atoms with Gasteiger partial charge in [0.15, 0.2) is 0 Å². The number of benzene rings is 1. The molecule has 0 bridgehead atoms. The maximum atomic E-state index is 10.2. The lowest BCUT2D eigenvalue weighted by Gasteiger charge is -2.20. The number of para-hydroxylation sites is 1. The van der Waals surface area contributed by atoms with E-state index in [1.807, 2.05) is 30.3 Å². The molecular formula is C29H51O3P. The third-order valence-electron chi connectivity index (χ3n) is 6.06. The van der Waals surface area contributed by atoms with Crippen molar-refractivity contribution in [2.45, 2.75) is 136 Å². The molecule has 0 saturated heterocycles. The van der Waals surface area contributed by atoms with Gasteiger partial charge in [-0.05, 0) is 50.7 Å². The third kappa shape index (κ3) is 19.1. The van der Waals surface area contributed by atoms with Crippen molar-refractivity contribution in [2.75, 3.05) is 0 Å². The van der Waals surface area contributed by atoms with E-state index in [9.17, 15) is 4.89 Å². The van der Waals surface area contributed by atoms with E-state index in [0.29, 0.717) is 5.75 Å². The molecule has 0 aromatic heterocycles. The molecule has 1 rings (SSSR count). The Bertz CT molecular complexity index is 549. The number of hydrogen-bond donors (Lipinski definition) is 1. The van der Waals surface area contributed by atoms with Gasteiger partial charge in [-0.2, -0.15) is 0 Å². The highest BCUT2D eigenvalue weighted by molar-refractivity contribution is 7.41. The van der Waals surface area contributed by atoms with Crippen LogP contribution in [0.1, 0.15) is 129 Å². The monoisotopic (exact) mass is 478 g/mol. The molecule has 0 aliphatic carbocycles. The minimum Gasteiger partial charge on any atom is -0.427 e. The van der Waals surface area contributed by atoms with E-state index in [4.69, 9.17) is 9.05 Å². The fourth-order valence-electron chi connectivity index (χ4n) is 4.09. The van der Waals surface area contributed by atoms with Crippen molar-refractivity contribution in [3.05, 3.63) is 42.5 Å². The van der Waals surface area contributed by atoms with Crippen LogP contribution in [0.5, 0.6) is 5.75 Å². The van der Waals surface area contributed by atoms with E-state index in [2.05, 4.69) is 26.0 Å². The first-order valence-corrected chi connectivity index (χ1v) is 14.9. The lowest BCUT2D eigenvalue weighted by Crippen LogP contribution is -2.11. The quantitative estimate of drug-likeness (QED) is 0.0965. The highest BCUT2D eigenvalue weighted by Crippen LogP contribution is 2.38. The standard InChI is InChI=1S/C29H51O3P/c1-3-5-6-7-8-9-10-11-12-13-14-15-16-17-18-19-21-25-28(24-4-2)31-33(30)32-29-26-22-20-23-27-29/h11-12,20,22-23,26-28,30H,3-10,13-19,21,24-25H2,1-2H3. The van der Waals surface area contributed by atoms with Crippen LogP contribution in [0.3, 0.4) is 0 Å². The van der Waals surface area contributed by atoms with Crippen LogP contribution in [0, 0.1) is 0 Å². The first kappa shape index (κ1) is 30.1. The summed E-state index contributed by atoms with van der Waals surface area (Å²) in [6.45, 7) is 4.44. The number of allylic oxidation sites excluding steroid dienone is 2. The van der Waals surface area contributed by atoms with E-state index in [1.54, 1.807) is 0 Å². The molecule has 1 aromatic carbocycles. The lowest BCUT2D eigenvalue weighted by molar-refractivity contribution is 0.153. The highest BCUT2D eigenvalue weighted by atomic mass is 31.2. The Hall–Kier alpha value is -0.890. The van der Waals surface area contributed by atoms with Crippen LogP contribution in [-0.4, -0.2) is 11.0 Å². The summed E-state index contributed by atoms with van der Waals surface area (Å²) >= 11 is 0. The number of hydrogen-bond acceptors (Lipinski definition) is 3. The Morgan fingerprint density at radius 3 is 1.82 bits per heavy atom. The van der Waals surface area contributed by atoms with E-state index >= 15 is 0 Å². The summed E-state index contributed by atoms with van der Waals surface area (Å²) in [6.07, 6.45) is 27.9. The van der Waals surface area contributed by atoms with Gasteiger partial charge in [0.1, 0.15) is 5.75 Å². The average molecular weight is 479 g/mol. The van der Waals surface area contributed by atoms with Gasteiger partial charge in [0.25, 0.3) is 0 Å². The molecule has 3 nitrogen and oxygen atoms in total. The van der Waals surface area contributed by atoms with Crippen molar-refractivity contribution in [3.63, 3.8) is 0 Å². The van der Waals surface area contributed by atoms with Gasteiger partial charge in [-0.3, -0.25) is 4.52 Å². The van der Waals surface area contributed by atoms with Crippen molar-refractivity contribution >= 4 is 8.60 Å². The topological polar surface area (TPSA) is 38.7 Å². The summed E-state index contributed by atoms with van der Waals surface area (Å²) < 4.78 is 11.3. The van der Waals surface area contributed by atoms with Crippen LogP contribution in [0.2, 0.25) is 0 Å². The summed E-state index contributed by atoms with van der Waals surface area (Å²) in [7, 11) is -1.86. The van der Waals surface area contributed by atoms with Gasteiger partial charge >= 0.3 is 8.60 Å². The third-order valence-corrected chi connectivity index (χ3v) is 6.91. The molecule has 0 aliphatic rings. The van der Waals surface area contributed by atoms with Crippen LogP contribution >= 0.6 is 8.60 Å². The second-order valence-electron chi connectivity index (χ2n) is 9.24. The van der Waals surface area contributed by atoms with Gasteiger partial charge in [0, 0.05) is 0 Å². The maximum Gasteiger partial charge on any atom is 0.394 e. The molecule has 2 atom stereocenters. The molecule has 1 N–H and O–H groups in total. The summed E-state index contributed by atoms with van der Waals surface area (Å²) in [4.78, 5) is 10.2. The molecule has 1 aromatic rings. The maximum absolute atomic E-state index is 10.2. The zero-order chi connectivity index (χ0) is 23.8. The fraction of sp³-hybridized carbons (Fsp3) is 0.724. The van der Waals surface area contributed by atoms with Crippen molar-refractivity contribution in [1.82, 2.24) is 0 Å². The minimum atomic E-state index is -1.86. The van der Waals surface area contributed by atoms with Gasteiger partial charge in [0.2, 0.25) is 0 Å². The van der Waals surface area contributed by atoms with Crippen molar-refractivity contribution in [2.24, 2.45) is 0 Å². The molecule has 190 valence electrons. The van der Waals surface area contributed by atoms with Crippen LogP contribution in [-0.2, 0) is 4.52 Å². The van der Waals surface area contributed by atoms with Crippen LogP contribution in [0.15, 0.2) is 42.5 Å². The van der Waals surface area contributed by atoms with Crippen molar-refractivity contribution < 1.29 is 13.9 Å². The molecule has 0 heterocycles. The van der Waals surface area contributed by atoms with Crippen molar-refractivity contribution in [3.8, 4) is 5.75 Å². The SMILES string of the molecule is CCCCCCCCC=CCCCCCCCCCC(CCC)OP(O)Oc1ccccc1. The Kier molecular flexibility index (Phi) is 20.9. The molecule has 2 unspecified atom stereocenters. The molecule has 0 aliphatic heterocycles. The summed E-state index contributed by atoms with van der Waals surface area (Å²) in [5, 5.41) is 0. The highest BCUT2D eigenvalue weighted by Gasteiger charge is 2.17. The minimum absolute atomic E-state index is 0.0953. The first-order valence-electron chi connectivity index (χ1n) is 13.8. The van der Waals surface area contributed by atoms with Crippen molar-refractivity contribution in [1.29, 1.82) is 0 Å². The molecule has 4 heteroatoms. The summed E-state index contributed by atoms with van der Waals surface area (Å²) in [5.74, 6) is 0.662. The smallest absolute Gasteiger partial charge is 0.394 e. The second-order valence-corrected chi connectivity index (χ2v) is 10.1. The van der Waals surface area contributed by atoms with E-state index in [0.717, 1.165) is 19.3 Å². The molecule has 0 spiro atoms. The van der Waals surface area contributed by atoms with Crippen LogP contribution in [0.25, 0.3) is 0 Å². The summed E-state index contributed by atoms with van der Waals surface area (Å²) in [5.41, 5.74) is 0. The second kappa shape index (κ2) is 22.9. The zero-order valence-corrected chi connectivity index (χ0v) is 22.5. The summed E-state index contributed by atoms with van der Waals surface area (Å²) in [6, 6.07) is 9.42. The van der Waals surface area contributed by atoms with Gasteiger partial charge in [-0.25, -0.2) is 0 Å². The lowest BCUT2D eigenvalue weighted by atomic mass is 10.0. The Labute approximate surface area is 206 Å². The predicted octanol–water partition coefficient (Wildman–Crippen LogP) is 10.3. The van der Waals surface area contributed by atoms with E-state index in [-0.39, 0.29) is 6.10 Å². The Balaban J connectivity index is 1.94. The van der Waals surface area contributed by atoms with Gasteiger partial charge in [0.05, 0.1) is 6.10 Å².